The minimum atomic E-state index is -0.555. The van der Waals surface area contributed by atoms with Gasteiger partial charge in [0.25, 0.3) is 0 Å². The number of amides is 7. The number of hydrogen-bond donors (Lipinski definition) is 6. The van der Waals surface area contributed by atoms with E-state index in [0.717, 1.165) is 108 Å². The van der Waals surface area contributed by atoms with Crippen LogP contribution in [0.15, 0.2) is 24.5 Å². The van der Waals surface area contributed by atoms with Crippen LogP contribution in [0.3, 0.4) is 0 Å². The van der Waals surface area contributed by atoms with E-state index in [2.05, 4.69) is 36.9 Å². The van der Waals surface area contributed by atoms with Crippen LogP contribution in [0.4, 0.5) is 4.79 Å². The normalized spacial score (nSPS) is 26.4. The minimum absolute atomic E-state index is 0.0113. The van der Waals surface area contributed by atoms with Crippen molar-refractivity contribution in [3.63, 3.8) is 0 Å². The molecule has 1 saturated heterocycles. The summed E-state index contributed by atoms with van der Waals surface area (Å²) in [6.45, 7) is 9.59. The first-order valence-corrected chi connectivity index (χ1v) is 29.7. The molecule has 2 atom stereocenters. The van der Waals surface area contributed by atoms with Gasteiger partial charge in [0.2, 0.25) is 35.4 Å². The van der Waals surface area contributed by atoms with Crippen molar-refractivity contribution >= 4 is 41.5 Å². The van der Waals surface area contributed by atoms with Gasteiger partial charge in [0.05, 0.1) is 62.8 Å². The van der Waals surface area contributed by atoms with Crippen molar-refractivity contribution in [1.29, 1.82) is 0 Å². The van der Waals surface area contributed by atoms with Crippen LogP contribution in [0.5, 0.6) is 0 Å². The third kappa shape index (κ3) is 23.2. The molecule has 7 amide bonds. The van der Waals surface area contributed by atoms with Crippen LogP contribution < -0.4 is 31.9 Å². The third-order valence-corrected chi connectivity index (χ3v) is 15.9. The van der Waals surface area contributed by atoms with Crippen molar-refractivity contribution < 1.29 is 62.0 Å². The van der Waals surface area contributed by atoms with E-state index >= 15 is 0 Å². The molecule has 6 rings (SSSR count). The first-order chi connectivity index (χ1) is 38.1. The number of aromatic nitrogens is 1. The molecule has 0 aromatic carbocycles. The van der Waals surface area contributed by atoms with Crippen LogP contribution in [0.2, 0.25) is 0 Å². The third-order valence-electron chi connectivity index (χ3n) is 15.9. The number of ether oxygens (including phenoxy) is 6. The number of hydrogen-bond acceptors (Lipinski definition) is 14. The van der Waals surface area contributed by atoms with Crippen molar-refractivity contribution in [1.82, 2.24) is 41.8 Å². The number of alkyl carbamates (subject to hydrolysis) is 1. The zero-order chi connectivity index (χ0) is 56.4. The van der Waals surface area contributed by atoms with Crippen molar-refractivity contribution in [2.24, 2.45) is 17.8 Å². The summed E-state index contributed by atoms with van der Waals surface area (Å²) < 4.78 is 35.1. The molecular formula is C58H94N8O13. The summed E-state index contributed by atoms with van der Waals surface area (Å²) in [6.07, 6.45) is 18.9. The molecule has 444 valence electrons. The predicted octanol–water partition coefficient (Wildman–Crippen LogP) is 5.09. The van der Waals surface area contributed by atoms with Gasteiger partial charge in [0.1, 0.15) is 5.60 Å². The highest BCUT2D eigenvalue weighted by Crippen LogP contribution is 2.37. The maximum Gasteiger partial charge on any atom is 0.407 e. The number of pyridine rings is 1. The lowest BCUT2D eigenvalue weighted by molar-refractivity contribution is -0.128. The molecule has 5 aliphatic rings. The van der Waals surface area contributed by atoms with E-state index in [-0.39, 0.29) is 96.2 Å². The van der Waals surface area contributed by atoms with E-state index in [1.807, 2.05) is 12.1 Å². The molecule has 79 heavy (non-hydrogen) atoms. The Morgan fingerprint density at radius 1 is 0.570 bits per heavy atom. The summed E-state index contributed by atoms with van der Waals surface area (Å²) in [6, 6.07) is 3.55. The average molecular weight is 1110 g/mol. The minimum Gasteiger partial charge on any atom is -0.444 e. The van der Waals surface area contributed by atoms with Gasteiger partial charge in [-0.1, -0.05) is 6.07 Å². The van der Waals surface area contributed by atoms with Gasteiger partial charge in [0.15, 0.2) is 0 Å². The highest BCUT2D eigenvalue weighted by atomic mass is 16.6. The number of rotatable bonds is 30. The molecular weight excluding hydrogens is 1020 g/mol. The summed E-state index contributed by atoms with van der Waals surface area (Å²) in [5.41, 5.74) is 0.296. The topological polar surface area (TPSA) is 263 Å². The van der Waals surface area contributed by atoms with Crippen LogP contribution in [-0.2, 0) is 57.2 Å². The maximum absolute atomic E-state index is 13.1. The Kier molecular flexibility index (Phi) is 27.0. The van der Waals surface area contributed by atoms with Crippen molar-refractivity contribution in [3.05, 3.63) is 30.1 Å². The first-order valence-electron chi connectivity index (χ1n) is 29.7. The van der Waals surface area contributed by atoms with E-state index in [4.69, 9.17) is 28.4 Å². The fourth-order valence-corrected chi connectivity index (χ4v) is 11.5. The Hall–Kier alpha value is -4.96. The lowest BCUT2D eigenvalue weighted by Gasteiger charge is -2.30. The maximum atomic E-state index is 13.1. The molecule has 1 aromatic rings. The molecule has 4 saturated carbocycles. The van der Waals surface area contributed by atoms with Gasteiger partial charge in [-0.2, -0.15) is 0 Å². The first kappa shape index (κ1) is 63.2. The number of nitrogens with zero attached hydrogens (tertiary/aromatic N) is 2. The van der Waals surface area contributed by atoms with Crippen LogP contribution in [0.1, 0.15) is 167 Å². The van der Waals surface area contributed by atoms with Crippen molar-refractivity contribution in [2.75, 3.05) is 72.9 Å². The number of likely N-dealkylation sites (tertiary alicyclic amines) is 1. The SMILES string of the molecule is CN1C(=O)C[C@H](C(=O)NCCOC2CCC(OCCCC(=O)NC3CCC(C(=O)NCCOC4CCC(OCCCC(=O)NC5CCC(C(=O)NCCOCCNC(=O)OC(C)(C)C)CC5)CC4)CC3)CC2)C1c1cccnc1. The van der Waals surface area contributed by atoms with Crippen molar-refractivity contribution in [2.45, 2.75) is 204 Å². The number of carbonyl (C=O) groups is 7. The van der Waals surface area contributed by atoms with Crippen LogP contribution in [0, 0.1) is 17.8 Å². The van der Waals surface area contributed by atoms with E-state index < -0.39 is 17.6 Å². The Labute approximate surface area is 468 Å². The molecule has 5 fully saturated rings. The molecule has 21 heteroatoms. The highest BCUT2D eigenvalue weighted by Gasteiger charge is 2.43. The van der Waals surface area contributed by atoms with Gasteiger partial charge >= 0.3 is 6.09 Å². The standard InChI is InChI=1S/C58H94N8O13/c1-58(2,3)79-57(73)63-29-35-74-34-28-60-54(70)40-11-15-43(16-12-40)64-50(67)9-6-32-75-45-19-23-47(24-20-45)77-36-30-61-55(71)41-13-17-44(18-14-41)65-51(68)10-7-33-76-46-21-25-48(26-22-46)78-37-31-62-56(72)49-38-52(69)66(4)53(49)42-8-5-27-59-39-42/h5,8,27,39-41,43-49,53H,6-7,9-26,28-38H2,1-4H3,(H,60,70)(H,61,71)(H,62,72)(H,63,73)(H,64,67)(H,65,68)/t40?,41?,43?,44?,45?,46?,47?,48?,49-,53?/m0/s1. The zero-order valence-electron chi connectivity index (χ0n) is 47.7. The summed E-state index contributed by atoms with van der Waals surface area (Å²) in [4.78, 5) is 94.0. The molecule has 1 aliphatic heterocycles. The largest absolute Gasteiger partial charge is 0.444 e. The fourth-order valence-electron chi connectivity index (χ4n) is 11.5. The molecule has 2 heterocycles. The van der Waals surface area contributed by atoms with Crippen molar-refractivity contribution in [3.8, 4) is 0 Å². The molecule has 1 aromatic heterocycles. The average Bonchev–Trinajstić information content (AvgIpc) is 3.87. The zero-order valence-corrected chi connectivity index (χ0v) is 47.7. The molecule has 21 nitrogen and oxygen atoms in total. The van der Waals surface area contributed by atoms with Gasteiger partial charge in [-0.25, -0.2) is 4.79 Å². The lowest BCUT2D eigenvalue weighted by atomic mass is 9.85. The molecule has 0 radical (unpaired) electrons. The monoisotopic (exact) mass is 1110 g/mol. The lowest BCUT2D eigenvalue weighted by Crippen LogP contribution is -2.41. The molecule has 0 bridgehead atoms. The smallest absolute Gasteiger partial charge is 0.407 e. The van der Waals surface area contributed by atoms with Crippen LogP contribution in [-0.4, -0.2) is 166 Å². The number of carbonyl (C=O) groups excluding carboxylic acids is 7. The summed E-state index contributed by atoms with van der Waals surface area (Å²) >= 11 is 0. The molecule has 0 spiro atoms. The molecule has 1 unspecified atom stereocenters. The molecule has 6 N–H and O–H groups in total. The fraction of sp³-hybridized carbons (Fsp3) is 0.793. The van der Waals surface area contributed by atoms with Crippen LogP contribution in [0.25, 0.3) is 0 Å². The summed E-state index contributed by atoms with van der Waals surface area (Å²) in [7, 11) is 1.73. The van der Waals surface area contributed by atoms with E-state index in [9.17, 15) is 33.6 Å². The Morgan fingerprint density at radius 3 is 1.44 bits per heavy atom. The van der Waals surface area contributed by atoms with Crippen LogP contribution >= 0.6 is 0 Å². The van der Waals surface area contributed by atoms with Gasteiger partial charge < -0.3 is 65.2 Å². The predicted molar refractivity (Wildman–Crippen MR) is 294 cm³/mol. The summed E-state index contributed by atoms with van der Waals surface area (Å²) in [5, 5.41) is 17.9. The Morgan fingerprint density at radius 2 is 1.00 bits per heavy atom. The summed E-state index contributed by atoms with van der Waals surface area (Å²) in [5.74, 6) is -0.684. The van der Waals surface area contributed by atoms with Gasteiger partial charge in [-0.15, -0.1) is 0 Å². The second-order valence-corrected chi connectivity index (χ2v) is 23.2. The Balaban J connectivity index is 0.682. The number of nitrogens with one attached hydrogen (secondary N) is 6. The van der Waals surface area contributed by atoms with Gasteiger partial charge in [-0.05, 0) is 148 Å². The Bertz CT molecular complexity index is 2030. The van der Waals surface area contributed by atoms with Gasteiger partial charge in [0, 0.05) is 102 Å². The van der Waals surface area contributed by atoms with E-state index in [1.54, 1.807) is 45.1 Å². The second-order valence-electron chi connectivity index (χ2n) is 23.2. The second kappa shape index (κ2) is 33.7. The quantitative estimate of drug-likeness (QED) is 0.0549. The van der Waals surface area contributed by atoms with E-state index in [0.29, 0.717) is 91.5 Å². The van der Waals surface area contributed by atoms with E-state index in [1.165, 1.54) is 0 Å². The van der Waals surface area contributed by atoms with Gasteiger partial charge in [-0.3, -0.25) is 33.8 Å². The molecule has 4 aliphatic carbocycles. The highest BCUT2D eigenvalue weighted by molar-refractivity contribution is 5.90.